The summed E-state index contributed by atoms with van der Waals surface area (Å²) in [4.78, 5) is 12.5. The molecule has 0 aliphatic carbocycles. The van der Waals surface area contributed by atoms with E-state index in [1.807, 2.05) is 55.4 Å². The maximum absolute atomic E-state index is 12.5. The number of Topliss-reactive ketones (excluding diaryl/α,β-unsaturated/α-hetero) is 1. The predicted molar refractivity (Wildman–Crippen MR) is 157 cm³/mol. The zero-order valence-corrected chi connectivity index (χ0v) is 29.6. The van der Waals surface area contributed by atoms with Gasteiger partial charge in [0.1, 0.15) is 5.76 Å². The number of aliphatic hydroxyl groups excluding tert-OH is 3. The third-order valence-corrected chi connectivity index (χ3v) is 5.12. The maximum atomic E-state index is 12.5. The zero-order valence-electron chi connectivity index (χ0n) is 26.6. The number of rotatable bonds is 7. The Morgan fingerprint density at radius 3 is 1.79 bits per heavy atom. The Bertz CT molecular complexity index is 624. The van der Waals surface area contributed by atoms with Crippen LogP contribution in [-0.4, -0.2) is 79.6 Å². The Balaban J connectivity index is -0.000000363. The van der Waals surface area contributed by atoms with E-state index >= 15 is 0 Å². The molecule has 3 atom stereocenters. The molecule has 9 heteroatoms. The van der Waals surface area contributed by atoms with Crippen molar-refractivity contribution in [2.75, 3.05) is 40.0 Å². The van der Waals surface area contributed by atoms with Gasteiger partial charge in [-0.25, -0.2) is 0 Å². The Morgan fingerprint density at radius 2 is 1.51 bits per heavy atom. The summed E-state index contributed by atoms with van der Waals surface area (Å²) in [5, 5.41) is 30.5. The molecular weight excluding hydrogens is 670 g/mol. The van der Waals surface area contributed by atoms with E-state index in [0.29, 0.717) is 24.0 Å². The van der Waals surface area contributed by atoms with Crippen molar-refractivity contribution in [3.05, 3.63) is 29.4 Å². The van der Waals surface area contributed by atoms with Gasteiger partial charge in [-0.3, -0.25) is 4.79 Å². The van der Waals surface area contributed by atoms with E-state index in [1.165, 1.54) is 6.42 Å². The van der Waals surface area contributed by atoms with Crippen molar-refractivity contribution in [3.63, 3.8) is 0 Å². The van der Waals surface area contributed by atoms with E-state index in [-0.39, 0.29) is 51.1 Å². The molecule has 0 spiro atoms. The summed E-state index contributed by atoms with van der Waals surface area (Å²) >= 11 is 0. The molecule has 0 aromatic rings. The van der Waals surface area contributed by atoms with Crippen molar-refractivity contribution in [1.29, 1.82) is 0 Å². The van der Waals surface area contributed by atoms with Crippen LogP contribution in [0.1, 0.15) is 88.5 Å². The zero-order chi connectivity index (χ0) is 30.3. The molecule has 0 aromatic heterocycles. The van der Waals surface area contributed by atoms with Crippen LogP contribution in [0.5, 0.6) is 0 Å². The van der Waals surface area contributed by atoms with Gasteiger partial charge in [-0.1, -0.05) is 67.4 Å². The first-order chi connectivity index (χ1) is 18.0. The number of hydrogen-bond acceptors (Lipinski definition) is 8. The van der Waals surface area contributed by atoms with Gasteiger partial charge in [0, 0.05) is 53.6 Å². The number of carbonyl (C=O) groups is 1. The van der Waals surface area contributed by atoms with Crippen LogP contribution in [0.4, 0.5) is 0 Å². The number of allylic oxidation sites excluding steroid dienone is 2. The summed E-state index contributed by atoms with van der Waals surface area (Å²) in [5.41, 5.74) is 1.69. The number of hydrogen-bond donors (Lipinski definition) is 4. The summed E-state index contributed by atoms with van der Waals surface area (Å²) < 4.78 is 16.3. The predicted octanol–water partition coefficient (Wildman–Crippen LogP) is 5.39. The monoisotopic (exact) mass is 730 g/mol. The molecular formula is C30H60NO7W-. The quantitative estimate of drug-likeness (QED) is 0.119. The molecule has 2 rings (SSSR count). The maximum Gasteiger partial charge on any atom is 0.169 e. The second-order valence-electron chi connectivity index (χ2n) is 9.54. The number of ether oxygens (including phenoxy) is 3. The van der Waals surface area contributed by atoms with Gasteiger partial charge in [0.2, 0.25) is 0 Å². The minimum atomic E-state index is -0.644. The Labute approximate surface area is 254 Å². The normalized spacial score (nSPS) is 19.5. The van der Waals surface area contributed by atoms with Gasteiger partial charge in [-0.05, 0) is 37.9 Å². The molecule has 0 amide bonds. The number of aliphatic hydroxyl groups is 3. The van der Waals surface area contributed by atoms with Crippen LogP contribution in [0.25, 0.3) is 0 Å². The van der Waals surface area contributed by atoms with Crippen molar-refractivity contribution in [2.24, 2.45) is 11.8 Å². The molecule has 2 saturated heterocycles. The van der Waals surface area contributed by atoms with E-state index in [2.05, 4.69) is 26.1 Å². The fraction of sp³-hybridized carbons (Fsp3) is 0.800. The molecule has 2 aliphatic heterocycles. The number of nitrogens with one attached hydrogen (secondary N) is 1. The Kier molecular flexibility index (Phi) is 33.6. The first kappa shape index (κ1) is 45.4. The van der Waals surface area contributed by atoms with Crippen molar-refractivity contribution in [2.45, 2.75) is 107 Å². The smallest absolute Gasteiger partial charge is 0.169 e. The number of ketones is 1. The third kappa shape index (κ3) is 20.9. The minimum Gasteiger partial charge on any atom is -0.507 e. The second kappa shape index (κ2) is 28.9. The summed E-state index contributed by atoms with van der Waals surface area (Å²) in [5.74, 6) is -0.400. The van der Waals surface area contributed by atoms with E-state index in [0.717, 1.165) is 39.0 Å². The van der Waals surface area contributed by atoms with Crippen LogP contribution in [0, 0.1) is 18.8 Å². The van der Waals surface area contributed by atoms with Gasteiger partial charge in [0.05, 0.1) is 31.5 Å². The minimum absolute atomic E-state index is 0. The average molecular weight is 731 g/mol. The van der Waals surface area contributed by atoms with Crippen molar-refractivity contribution in [3.8, 4) is 0 Å². The fourth-order valence-corrected chi connectivity index (χ4v) is 3.42. The number of carbonyl (C=O) groups excluding carboxylic acids is 1. The molecule has 2 heterocycles. The SMILES string of the molecule is C1COCCN1.CC.CCC.CO.[CH2-][C@H](OC1CC[C@H](O)CO1)/C(=C(\O)C(C(=O)C(C)C)=C(C)C)C(C)C.[W]. The molecule has 0 aromatic carbocycles. The fourth-order valence-electron chi connectivity index (χ4n) is 3.42. The van der Waals surface area contributed by atoms with Gasteiger partial charge in [0.25, 0.3) is 0 Å². The van der Waals surface area contributed by atoms with Gasteiger partial charge >= 0.3 is 0 Å². The van der Waals surface area contributed by atoms with Crippen LogP contribution in [0.2, 0.25) is 0 Å². The molecule has 0 saturated carbocycles. The third-order valence-electron chi connectivity index (χ3n) is 5.12. The van der Waals surface area contributed by atoms with Crippen molar-refractivity contribution in [1.82, 2.24) is 5.32 Å². The van der Waals surface area contributed by atoms with Crippen molar-refractivity contribution >= 4 is 5.78 Å². The molecule has 0 bridgehead atoms. The van der Waals surface area contributed by atoms with Crippen LogP contribution < -0.4 is 5.32 Å². The number of morpholine rings is 1. The molecule has 2 aliphatic rings. The summed E-state index contributed by atoms with van der Waals surface area (Å²) in [6, 6.07) is 0. The molecule has 39 heavy (non-hydrogen) atoms. The van der Waals surface area contributed by atoms with Gasteiger partial charge in [0.15, 0.2) is 12.1 Å². The van der Waals surface area contributed by atoms with Crippen LogP contribution in [0.3, 0.4) is 0 Å². The molecule has 2 fully saturated rings. The summed E-state index contributed by atoms with van der Waals surface area (Å²) in [7, 11) is 1.00. The van der Waals surface area contributed by atoms with Crippen molar-refractivity contribution < 1.29 is 55.4 Å². The van der Waals surface area contributed by atoms with E-state index in [4.69, 9.17) is 19.3 Å². The first-order valence-corrected chi connectivity index (χ1v) is 14.1. The summed E-state index contributed by atoms with van der Waals surface area (Å²) in [6.07, 6.45) is 0.852. The second-order valence-corrected chi connectivity index (χ2v) is 9.54. The topological polar surface area (TPSA) is 117 Å². The molecule has 8 nitrogen and oxygen atoms in total. The van der Waals surface area contributed by atoms with Crippen LogP contribution >= 0.6 is 0 Å². The van der Waals surface area contributed by atoms with Gasteiger partial charge in [-0.2, -0.15) is 0 Å². The van der Waals surface area contributed by atoms with E-state index < -0.39 is 18.5 Å². The molecule has 234 valence electrons. The Hall–Kier alpha value is -0.602. The molecule has 0 radical (unpaired) electrons. The van der Waals surface area contributed by atoms with Gasteiger partial charge < -0.3 is 41.8 Å². The summed E-state index contributed by atoms with van der Waals surface area (Å²) in [6.45, 7) is 27.5. The Morgan fingerprint density at radius 1 is 1.03 bits per heavy atom. The first-order valence-electron chi connectivity index (χ1n) is 14.1. The van der Waals surface area contributed by atoms with E-state index in [9.17, 15) is 15.0 Å². The van der Waals surface area contributed by atoms with Crippen LogP contribution in [-0.2, 0) is 40.1 Å². The van der Waals surface area contributed by atoms with Gasteiger partial charge in [-0.15, -0.1) is 0 Å². The molecule has 4 N–H and O–H groups in total. The largest absolute Gasteiger partial charge is 0.507 e. The van der Waals surface area contributed by atoms with Crippen LogP contribution in [0.15, 0.2) is 22.5 Å². The standard InChI is InChI=1S/C20H33O5.C4H9NO.C3H8.C2H6.CH4O.W/c1-11(2)17(14(7)25-16-9-8-15(21)10-24-16)20(23)18(12(3)4)19(22)13(5)6;1-3-6-4-2-5-1;1-3-2;2*1-2;/h11,13-16,21,23H,7-10H2,1-6H3;5H,1-4H2;3H2,1-2H3;1-2H3;2H,1H3;/q-1;;;;;/b20-17-;;;;;/t14-,15-,16?;;;;;/m0...../s1. The molecule has 1 unspecified atom stereocenters. The average Bonchev–Trinajstić information content (AvgIpc) is 2.89. The van der Waals surface area contributed by atoms with E-state index in [1.54, 1.807) is 0 Å².